The maximum Gasteiger partial charge on any atom is 0.329 e. The van der Waals surface area contributed by atoms with E-state index in [9.17, 15) is 14.7 Å². The van der Waals surface area contributed by atoms with Crippen LogP contribution in [-0.2, 0) is 13.0 Å². The zero-order valence-electron chi connectivity index (χ0n) is 22.3. The molecule has 1 aromatic heterocycles. The number of nitrogens with zero attached hydrogens (tertiary/aromatic N) is 2. The number of benzene rings is 1. The van der Waals surface area contributed by atoms with Gasteiger partial charge in [-0.1, -0.05) is 31.2 Å². The van der Waals surface area contributed by atoms with Crippen LogP contribution < -0.4 is 16.6 Å². The van der Waals surface area contributed by atoms with Crippen molar-refractivity contribution in [1.29, 1.82) is 0 Å². The number of allylic oxidation sites excluding steroid dienone is 3. The Morgan fingerprint density at radius 2 is 1.86 bits per heavy atom. The summed E-state index contributed by atoms with van der Waals surface area (Å²) in [4.78, 5) is 30.4. The lowest BCUT2D eigenvalue weighted by Crippen LogP contribution is -2.45. The van der Waals surface area contributed by atoms with E-state index in [2.05, 4.69) is 41.2 Å². The number of likely N-dealkylation sites (tertiary alicyclic amines) is 1. The van der Waals surface area contributed by atoms with Crippen molar-refractivity contribution in [2.75, 3.05) is 25.0 Å². The minimum Gasteiger partial charge on any atom is -0.385 e. The Bertz CT molecular complexity index is 1150. The summed E-state index contributed by atoms with van der Waals surface area (Å²) < 4.78 is 1.27. The van der Waals surface area contributed by atoms with Crippen molar-refractivity contribution in [3.63, 3.8) is 0 Å². The van der Waals surface area contributed by atoms with E-state index in [0.29, 0.717) is 12.4 Å². The molecule has 0 bridgehead atoms. The van der Waals surface area contributed by atoms with Crippen molar-refractivity contribution in [1.82, 2.24) is 14.5 Å². The Morgan fingerprint density at radius 3 is 2.50 bits per heavy atom. The fourth-order valence-corrected chi connectivity index (χ4v) is 4.98. The van der Waals surface area contributed by atoms with Crippen LogP contribution in [0.3, 0.4) is 0 Å². The number of H-pyrrole nitrogens is 1. The molecule has 2 aromatic rings. The molecule has 0 amide bonds. The molecule has 7 nitrogen and oxygen atoms in total. The van der Waals surface area contributed by atoms with E-state index in [0.717, 1.165) is 69.4 Å². The summed E-state index contributed by atoms with van der Waals surface area (Å²) in [6, 6.07) is 7.47. The first-order valence-corrected chi connectivity index (χ1v) is 13.2. The predicted octanol–water partition coefficient (Wildman–Crippen LogP) is 4.67. The lowest BCUT2D eigenvalue weighted by atomic mass is 9.82. The van der Waals surface area contributed by atoms with E-state index in [1.165, 1.54) is 21.8 Å². The zero-order chi connectivity index (χ0) is 26.1. The van der Waals surface area contributed by atoms with E-state index >= 15 is 0 Å². The average Bonchev–Trinajstić information content (AvgIpc) is 2.86. The molecule has 2 heterocycles. The van der Waals surface area contributed by atoms with Gasteiger partial charge in [-0.05, 0) is 94.7 Å². The smallest absolute Gasteiger partial charge is 0.329 e. The van der Waals surface area contributed by atoms with Crippen LogP contribution in [0.2, 0.25) is 0 Å². The molecular formula is C29H42N4O3. The third-order valence-electron chi connectivity index (χ3n) is 7.34. The standard InChI is InChI=1S/C29H42N4O3/c1-5-8-11-24(7-3)29(36)14-18-32(19-15-29)16-9-10-17-33-27(34)21-26(31-28(33)35)30-25-13-12-22(4)23(6-2)20-25/h5,7-8,12-13,20-21,30,36H,6,9-11,14-19H2,1-4H3,(H,31,35)/b8-5-,24-7+. The molecule has 1 saturated heterocycles. The topological polar surface area (TPSA) is 90.4 Å². The largest absolute Gasteiger partial charge is 0.385 e. The van der Waals surface area contributed by atoms with Crippen LogP contribution in [0.15, 0.2) is 57.7 Å². The second kappa shape index (κ2) is 12.9. The molecule has 0 radical (unpaired) electrons. The van der Waals surface area contributed by atoms with Crippen molar-refractivity contribution < 1.29 is 5.11 Å². The number of rotatable bonds is 11. The Labute approximate surface area is 214 Å². The summed E-state index contributed by atoms with van der Waals surface area (Å²) in [6.45, 7) is 11.2. The normalized spacial score (nSPS) is 16.5. The van der Waals surface area contributed by atoms with E-state index < -0.39 is 11.3 Å². The summed E-state index contributed by atoms with van der Waals surface area (Å²) in [7, 11) is 0. The third kappa shape index (κ3) is 7.08. The van der Waals surface area contributed by atoms with Gasteiger partial charge in [0.1, 0.15) is 5.82 Å². The quantitative estimate of drug-likeness (QED) is 0.312. The summed E-state index contributed by atoms with van der Waals surface area (Å²) >= 11 is 0. The molecule has 1 aliphatic rings. The number of piperidine rings is 1. The SMILES string of the molecule is C/C=C\C/C(=C\C)C1(O)CCN(CCCCn2c(=O)cc(Nc3ccc(C)c(CC)c3)[nH]c2=O)CC1. The highest BCUT2D eigenvalue weighted by Crippen LogP contribution is 2.32. The molecule has 0 aliphatic carbocycles. The van der Waals surface area contributed by atoms with Crippen LogP contribution in [0.1, 0.15) is 64.0 Å². The van der Waals surface area contributed by atoms with E-state index in [-0.39, 0.29) is 5.56 Å². The van der Waals surface area contributed by atoms with Crippen LogP contribution in [0.25, 0.3) is 0 Å². The van der Waals surface area contributed by atoms with Gasteiger partial charge < -0.3 is 15.3 Å². The Hall–Kier alpha value is -2.90. The van der Waals surface area contributed by atoms with Gasteiger partial charge in [-0.15, -0.1) is 0 Å². The van der Waals surface area contributed by atoms with Gasteiger partial charge in [-0.3, -0.25) is 14.3 Å². The van der Waals surface area contributed by atoms with Crippen molar-refractivity contribution in [2.45, 2.75) is 78.4 Å². The van der Waals surface area contributed by atoms with Crippen LogP contribution in [0, 0.1) is 6.92 Å². The van der Waals surface area contributed by atoms with Crippen LogP contribution in [0.4, 0.5) is 11.5 Å². The molecule has 0 atom stereocenters. The number of aromatic nitrogens is 2. The van der Waals surface area contributed by atoms with Gasteiger partial charge >= 0.3 is 5.69 Å². The minimum atomic E-state index is -0.710. The number of aliphatic hydroxyl groups is 1. The van der Waals surface area contributed by atoms with Gasteiger partial charge in [0.05, 0.1) is 5.60 Å². The first-order chi connectivity index (χ1) is 17.3. The van der Waals surface area contributed by atoms with Crippen molar-refractivity contribution in [2.24, 2.45) is 0 Å². The van der Waals surface area contributed by atoms with E-state index in [1.54, 1.807) is 0 Å². The van der Waals surface area contributed by atoms with Gasteiger partial charge in [-0.25, -0.2) is 4.79 Å². The number of aromatic amines is 1. The van der Waals surface area contributed by atoms with Gasteiger partial charge in [-0.2, -0.15) is 0 Å². The third-order valence-corrected chi connectivity index (χ3v) is 7.34. The molecule has 0 spiro atoms. The first kappa shape index (κ1) is 27.7. The fraction of sp³-hybridized carbons (Fsp3) is 0.517. The molecule has 0 unspecified atom stereocenters. The van der Waals surface area contributed by atoms with Crippen molar-refractivity contribution in [3.05, 3.63) is 80.0 Å². The molecule has 7 heteroatoms. The van der Waals surface area contributed by atoms with Crippen molar-refractivity contribution in [3.8, 4) is 0 Å². The number of hydrogen-bond donors (Lipinski definition) is 3. The molecule has 36 heavy (non-hydrogen) atoms. The lowest BCUT2D eigenvalue weighted by Gasteiger charge is -2.39. The van der Waals surface area contributed by atoms with Crippen LogP contribution >= 0.6 is 0 Å². The maximum atomic E-state index is 12.6. The summed E-state index contributed by atoms with van der Waals surface area (Å²) in [5.74, 6) is 0.405. The second-order valence-electron chi connectivity index (χ2n) is 9.77. The zero-order valence-corrected chi connectivity index (χ0v) is 22.3. The number of unbranched alkanes of at least 4 members (excludes halogenated alkanes) is 1. The highest BCUT2D eigenvalue weighted by molar-refractivity contribution is 5.57. The number of anilines is 2. The van der Waals surface area contributed by atoms with Crippen molar-refractivity contribution >= 4 is 11.5 Å². The van der Waals surface area contributed by atoms with E-state index in [4.69, 9.17) is 0 Å². The number of nitrogens with one attached hydrogen (secondary N) is 2. The van der Waals surface area contributed by atoms with Crippen LogP contribution in [0.5, 0.6) is 0 Å². The predicted molar refractivity (Wildman–Crippen MR) is 148 cm³/mol. The number of aryl methyl sites for hydroxylation is 2. The molecule has 196 valence electrons. The molecule has 3 N–H and O–H groups in total. The number of hydrogen-bond acceptors (Lipinski definition) is 5. The second-order valence-corrected chi connectivity index (χ2v) is 9.77. The average molecular weight is 495 g/mol. The minimum absolute atomic E-state index is 0.299. The Balaban J connectivity index is 1.49. The highest BCUT2D eigenvalue weighted by Gasteiger charge is 2.34. The first-order valence-electron chi connectivity index (χ1n) is 13.2. The summed E-state index contributed by atoms with van der Waals surface area (Å²) in [5, 5.41) is 14.3. The molecule has 1 fully saturated rings. The molecule has 0 saturated carbocycles. The van der Waals surface area contributed by atoms with E-state index in [1.807, 2.05) is 38.1 Å². The monoisotopic (exact) mass is 494 g/mol. The van der Waals surface area contributed by atoms with Gasteiger partial charge in [0.2, 0.25) is 0 Å². The summed E-state index contributed by atoms with van der Waals surface area (Å²) in [6.07, 6.45) is 11.0. The van der Waals surface area contributed by atoms with Gasteiger partial charge in [0, 0.05) is 31.4 Å². The Kier molecular flexibility index (Phi) is 9.90. The van der Waals surface area contributed by atoms with Gasteiger partial charge in [0.15, 0.2) is 0 Å². The lowest BCUT2D eigenvalue weighted by molar-refractivity contribution is 0.00747. The molecular weight excluding hydrogens is 452 g/mol. The van der Waals surface area contributed by atoms with Crippen LogP contribution in [-0.4, -0.2) is 44.8 Å². The summed E-state index contributed by atoms with van der Waals surface area (Å²) in [5.41, 5.74) is 3.00. The highest BCUT2D eigenvalue weighted by atomic mass is 16.3. The molecule has 1 aromatic carbocycles. The van der Waals surface area contributed by atoms with Gasteiger partial charge in [0.25, 0.3) is 5.56 Å². The maximum absolute atomic E-state index is 12.6. The molecule has 1 aliphatic heterocycles. The molecule has 3 rings (SSSR count). The Morgan fingerprint density at radius 1 is 1.14 bits per heavy atom. The fourth-order valence-electron chi connectivity index (χ4n) is 4.98.